The fraction of sp³-hybridized carbons (Fsp3) is 0.273. The lowest BCUT2D eigenvalue weighted by Gasteiger charge is -2.01. The topological polar surface area (TPSA) is 71.2 Å². The Morgan fingerprint density at radius 2 is 2.00 bits per heavy atom. The zero-order valence-corrected chi connectivity index (χ0v) is 9.14. The summed E-state index contributed by atoms with van der Waals surface area (Å²) in [7, 11) is 1.83. The second kappa shape index (κ2) is 4.32. The van der Waals surface area contributed by atoms with E-state index >= 15 is 0 Å². The smallest absolute Gasteiger partial charge is 0.243 e. The average molecular weight is 219 g/mol. The lowest BCUT2D eigenvalue weighted by atomic mass is 10.2. The molecule has 0 aliphatic heterocycles. The van der Waals surface area contributed by atoms with E-state index in [0.717, 1.165) is 5.56 Å². The van der Waals surface area contributed by atoms with Crippen molar-refractivity contribution in [3.8, 4) is 17.1 Å². The van der Waals surface area contributed by atoms with Gasteiger partial charge >= 0.3 is 0 Å². The van der Waals surface area contributed by atoms with Gasteiger partial charge in [0.05, 0.1) is 6.04 Å². The molecule has 0 aliphatic rings. The number of nitrogens with zero attached hydrogens (tertiary/aromatic N) is 2. The molecule has 1 atom stereocenters. The zero-order chi connectivity index (χ0) is 11.5. The van der Waals surface area contributed by atoms with Crippen LogP contribution in [0.4, 0.5) is 0 Å². The van der Waals surface area contributed by atoms with Crippen molar-refractivity contribution in [2.75, 3.05) is 7.05 Å². The minimum absolute atomic E-state index is 0.0263. The summed E-state index contributed by atoms with van der Waals surface area (Å²) in [4.78, 5) is 4.26. The maximum Gasteiger partial charge on any atom is 0.243 e. The highest BCUT2D eigenvalue weighted by Gasteiger charge is 2.13. The standard InChI is InChI=1S/C11H13N3O2/c1-7(12-2)11-13-10(14-16-11)8-3-5-9(15)6-4-8/h3-7,12,15H,1-2H3. The van der Waals surface area contributed by atoms with Crippen molar-refractivity contribution in [1.82, 2.24) is 15.5 Å². The van der Waals surface area contributed by atoms with E-state index in [0.29, 0.717) is 11.7 Å². The van der Waals surface area contributed by atoms with Crippen LogP contribution in [0.5, 0.6) is 5.75 Å². The van der Waals surface area contributed by atoms with Crippen molar-refractivity contribution >= 4 is 0 Å². The molecule has 2 aromatic rings. The third-order valence-electron chi connectivity index (χ3n) is 2.37. The molecule has 1 aromatic carbocycles. The van der Waals surface area contributed by atoms with Crippen LogP contribution >= 0.6 is 0 Å². The Labute approximate surface area is 93.1 Å². The molecule has 2 rings (SSSR count). The van der Waals surface area contributed by atoms with Crippen LogP contribution in [0.3, 0.4) is 0 Å². The van der Waals surface area contributed by atoms with E-state index in [4.69, 9.17) is 9.63 Å². The summed E-state index contributed by atoms with van der Waals surface area (Å²) in [6, 6.07) is 6.69. The number of rotatable bonds is 3. The second-order valence-corrected chi connectivity index (χ2v) is 3.51. The average Bonchev–Trinajstić information content (AvgIpc) is 2.78. The predicted molar refractivity (Wildman–Crippen MR) is 58.9 cm³/mol. The van der Waals surface area contributed by atoms with Gasteiger partial charge in [-0.15, -0.1) is 0 Å². The van der Waals surface area contributed by atoms with E-state index < -0.39 is 0 Å². The minimum atomic E-state index is 0.0263. The first-order valence-electron chi connectivity index (χ1n) is 5.01. The van der Waals surface area contributed by atoms with Gasteiger partial charge in [0.15, 0.2) is 0 Å². The number of hydrogen-bond acceptors (Lipinski definition) is 5. The SMILES string of the molecule is CNC(C)c1nc(-c2ccc(O)cc2)no1. The highest BCUT2D eigenvalue weighted by atomic mass is 16.5. The Bertz CT molecular complexity index is 464. The molecule has 0 amide bonds. The Hall–Kier alpha value is -1.88. The summed E-state index contributed by atoms with van der Waals surface area (Å²) >= 11 is 0. The molecule has 0 aliphatic carbocycles. The molecule has 2 N–H and O–H groups in total. The van der Waals surface area contributed by atoms with Gasteiger partial charge in [-0.25, -0.2) is 0 Å². The van der Waals surface area contributed by atoms with Crippen LogP contribution in [0, 0.1) is 0 Å². The van der Waals surface area contributed by atoms with Gasteiger partial charge in [0.2, 0.25) is 11.7 Å². The van der Waals surface area contributed by atoms with Crippen molar-refractivity contribution < 1.29 is 9.63 Å². The molecule has 1 heterocycles. The Morgan fingerprint density at radius 3 is 2.62 bits per heavy atom. The van der Waals surface area contributed by atoms with Gasteiger partial charge in [0.1, 0.15) is 5.75 Å². The van der Waals surface area contributed by atoms with Crippen molar-refractivity contribution in [3.05, 3.63) is 30.2 Å². The van der Waals surface area contributed by atoms with Crippen LogP contribution < -0.4 is 5.32 Å². The molecule has 16 heavy (non-hydrogen) atoms. The molecule has 0 radical (unpaired) electrons. The lowest BCUT2D eigenvalue weighted by Crippen LogP contribution is -2.12. The quantitative estimate of drug-likeness (QED) is 0.822. The fourth-order valence-corrected chi connectivity index (χ4v) is 1.26. The Morgan fingerprint density at radius 1 is 1.31 bits per heavy atom. The summed E-state index contributed by atoms with van der Waals surface area (Å²) in [5.41, 5.74) is 0.816. The Kier molecular flexibility index (Phi) is 2.87. The number of aromatic hydroxyl groups is 1. The van der Waals surface area contributed by atoms with Crippen molar-refractivity contribution in [3.63, 3.8) is 0 Å². The summed E-state index contributed by atoms with van der Waals surface area (Å²) < 4.78 is 5.12. The summed E-state index contributed by atoms with van der Waals surface area (Å²) in [6.07, 6.45) is 0. The third kappa shape index (κ3) is 2.04. The predicted octanol–water partition coefficient (Wildman–Crippen LogP) is 1.72. The third-order valence-corrected chi connectivity index (χ3v) is 2.37. The van der Waals surface area contributed by atoms with Gasteiger partial charge in [0.25, 0.3) is 0 Å². The second-order valence-electron chi connectivity index (χ2n) is 3.51. The van der Waals surface area contributed by atoms with Gasteiger partial charge in [-0.1, -0.05) is 5.16 Å². The molecule has 0 saturated heterocycles. The van der Waals surface area contributed by atoms with Crippen molar-refractivity contribution in [2.45, 2.75) is 13.0 Å². The highest BCUT2D eigenvalue weighted by Crippen LogP contribution is 2.20. The number of aromatic nitrogens is 2. The molecule has 0 bridgehead atoms. The summed E-state index contributed by atoms with van der Waals surface area (Å²) in [5.74, 6) is 1.29. The first kappa shape index (κ1) is 10.6. The van der Waals surface area contributed by atoms with Crippen molar-refractivity contribution in [2.24, 2.45) is 0 Å². The van der Waals surface area contributed by atoms with Crippen LogP contribution in [0.25, 0.3) is 11.4 Å². The molecular formula is C11H13N3O2. The van der Waals surface area contributed by atoms with Gasteiger partial charge in [-0.2, -0.15) is 4.98 Å². The van der Waals surface area contributed by atoms with E-state index in [2.05, 4.69) is 15.5 Å². The van der Waals surface area contributed by atoms with Crippen LogP contribution in [-0.2, 0) is 0 Å². The highest BCUT2D eigenvalue weighted by molar-refractivity contribution is 5.55. The lowest BCUT2D eigenvalue weighted by molar-refractivity contribution is 0.347. The molecule has 0 fully saturated rings. The molecule has 5 nitrogen and oxygen atoms in total. The minimum Gasteiger partial charge on any atom is -0.508 e. The van der Waals surface area contributed by atoms with Crippen LogP contribution in [0.15, 0.2) is 28.8 Å². The number of hydrogen-bond donors (Lipinski definition) is 2. The first-order chi connectivity index (χ1) is 7.70. The van der Waals surface area contributed by atoms with Gasteiger partial charge in [0, 0.05) is 5.56 Å². The number of nitrogens with one attached hydrogen (secondary N) is 1. The van der Waals surface area contributed by atoms with E-state index in [1.54, 1.807) is 24.3 Å². The monoisotopic (exact) mass is 219 g/mol. The molecule has 1 unspecified atom stereocenters. The van der Waals surface area contributed by atoms with E-state index in [1.165, 1.54) is 0 Å². The van der Waals surface area contributed by atoms with Gasteiger partial charge in [-0.05, 0) is 38.2 Å². The maximum atomic E-state index is 9.16. The number of benzene rings is 1. The summed E-state index contributed by atoms with van der Waals surface area (Å²) in [5, 5.41) is 16.1. The van der Waals surface area contributed by atoms with E-state index in [-0.39, 0.29) is 11.8 Å². The molecule has 5 heteroatoms. The molecule has 0 saturated carbocycles. The van der Waals surface area contributed by atoms with Crippen molar-refractivity contribution in [1.29, 1.82) is 0 Å². The largest absolute Gasteiger partial charge is 0.508 e. The molecule has 0 spiro atoms. The molecular weight excluding hydrogens is 206 g/mol. The summed E-state index contributed by atoms with van der Waals surface area (Å²) in [6.45, 7) is 1.94. The first-order valence-corrected chi connectivity index (χ1v) is 5.01. The zero-order valence-electron chi connectivity index (χ0n) is 9.14. The van der Waals surface area contributed by atoms with Crippen LogP contribution in [0.1, 0.15) is 18.9 Å². The van der Waals surface area contributed by atoms with Gasteiger partial charge in [-0.3, -0.25) is 0 Å². The van der Waals surface area contributed by atoms with E-state index in [1.807, 2.05) is 14.0 Å². The fourth-order valence-electron chi connectivity index (χ4n) is 1.26. The van der Waals surface area contributed by atoms with Crippen LogP contribution in [-0.4, -0.2) is 22.3 Å². The maximum absolute atomic E-state index is 9.16. The number of phenolic OH excluding ortho intramolecular Hbond substituents is 1. The number of phenols is 1. The van der Waals surface area contributed by atoms with E-state index in [9.17, 15) is 0 Å². The molecule has 84 valence electrons. The van der Waals surface area contributed by atoms with Gasteiger partial charge < -0.3 is 14.9 Å². The normalized spacial score (nSPS) is 12.6. The van der Waals surface area contributed by atoms with Crippen LogP contribution in [0.2, 0.25) is 0 Å². The molecule has 1 aromatic heterocycles. The Balaban J connectivity index is 2.28.